The minimum absolute atomic E-state index is 0.512. The van der Waals surface area contributed by atoms with Gasteiger partial charge in [-0.1, -0.05) is 47.3 Å². The van der Waals surface area contributed by atoms with Crippen LogP contribution in [-0.4, -0.2) is 6.61 Å². The Balaban J connectivity index is 2.00. The smallest absolute Gasteiger partial charge is 0.119 e. The molecule has 0 aromatic heterocycles. The van der Waals surface area contributed by atoms with E-state index < -0.39 is 0 Å². The zero-order valence-corrected chi connectivity index (χ0v) is 12.1. The second-order valence-electron chi connectivity index (χ2n) is 4.80. The number of hydrogen-bond acceptors (Lipinski definition) is 1. The van der Waals surface area contributed by atoms with Crippen LogP contribution in [0, 0.1) is 5.92 Å². The third-order valence-electron chi connectivity index (χ3n) is 3.57. The van der Waals surface area contributed by atoms with Crippen LogP contribution < -0.4 is 4.74 Å². The summed E-state index contributed by atoms with van der Waals surface area (Å²) in [5.41, 5.74) is 1.39. The minimum atomic E-state index is 0.512. The van der Waals surface area contributed by atoms with Crippen molar-refractivity contribution in [2.75, 3.05) is 6.61 Å². The Kier molecular flexibility index (Phi) is 4.90. The molecule has 1 atom stereocenters. The maximum Gasteiger partial charge on any atom is 0.119 e. The van der Waals surface area contributed by atoms with Gasteiger partial charge in [0.1, 0.15) is 5.75 Å². The molecule has 1 unspecified atom stereocenters. The summed E-state index contributed by atoms with van der Waals surface area (Å²) in [5, 5.41) is 0. The molecule has 1 aliphatic rings. The molecular formula is C15H21BrO. The van der Waals surface area contributed by atoms with E-state index in [9.17, 15) is 0 Å². The van der Waals surface area contributed by atoms with Crippen LogP contribution in [0.1, 0.15) is 49.4 Å². The van der Waals surface area contributed by atoms with Crippen molar-refractivity contribution in [1.29, 1.82) is 0 Å². The second-order valence-corrected chi connectivity index (χ2v) is 5.79. The average molecular weight is 297 g/mol. The van der Waals surface area contributed by atoms with E-state index in [-0.39, 0.29) is 0 Å². The number of rotatable bonds is 4. The zero-order valence-electron chi connectivity index (χ0n) is 10.5. The lowest BCUT2D eigenvalue weighted by Gasteiger charge is -2.26. The van der Waals surface area contributed by atoms with E-state index in [0.29, 0.717) is 4.83 Å². The van der Waals surface area contributed by atoms with Crippen LogP contribution in [0.3, 0.4) is 0 Å². The number of alkyl halides is 1. The number of halogens is 1. The molecule has 1 fully saturated rings. The lowest BCUT2D eigenvalue weighted by atomic mass is 9.85. The summed E-state index contributed by atoms with van der Waals surface area (Å²) in [7, 11) is 0. The van der Waals surface area contributed by atoms with Gasteiger partial charge >= 0.3 is 0 Å². The number of ether oxygens (including phenoxy) is 1. The van der Waals surface area contributed by atoms with Gasteiger partial charge in [0.05, 0.1) is 6.61 Å². The molecule has 0 saturated heterocycles. The van der Waals surface area contributed by atoms with Gasteiger partial charge in [-0.05, 0) is 43.4 Å². The Morgan fingerprint density at radius 1 is 1.18 bits per heavy atom. The molecule has 2 heteroatoms. The van der Waals surface area contributed by atoms with Crippen molar-refractivity contribution in [3.8, 4) is 5.75 Å². The Morgan fingerprint density at radius 2 is 1.82 bits per heavy atom. The first-order valence-electron chi connectivity index (χ1n) is 6.68. The molecular weight excluding hydrogens is 276 g/mol. The van der Waals surface area contributed by atoms with Crippen molar-refractivity contribution in [1.82, 2.24) is 0 Å². The lowest BCUT2D eigenvalue weighted by molar-refractivity contribution is 0.339. The fourth-order valence-electron chi connectivity index (χ4n) is 2.61. The molecule has 0 N–H and O–H groups in total. The van der Waals surface area contributed by atoms with Crippen LogP contribution in [-0.2, 0) is 0 Å². The Bertz CT molecular complexity index is 327. The highest BCUT2D eigenvalue weighted by Gasteiger charge is 2.22. The lowest BCUT2D eigenvalue weighted by Crippen LogP contribution is -2.11. The summed E-state index contributed by atoms with van der Waals surface area (Å²) in [6, 6.07) is 8.55. The van der Waals surface area contributed by atoms with Crippen molar-refractivity contribution in [2.24, 2.45) is 5.92 Å². The van der Waals surface area contributed by atoms with Crippen molar-refractivity contribution < 1.29 is 4.74 Å². The average Bonchev–Trinajstić information content (AvgIpc) is 2.40. The van der Waals surface area contributed by atoms with E-state index in [1.807, 2.05) is 6.92 Å². The number of hydrogen-bond donors (Lipinski definition) is 0. The van der Waals surface area contributed by atoms with Crippen molar-refractivity contribution in [3.63, 3.8) is 0 Å². The van der Waals surface area contributed by atoms with E-state index in [4.69, 9.17) is 4.74 Å². The molecule has 1 aliphatic carbocycles. The van der Waals surface area contributed by atoms with Crippen LogP contribution in [0.5, 0.6) is 5.75 Å². The predicted molar refractivity (Wildman–Crippen MR) is 75.9 cm³/mol. The molecule has 1 saturated carbocycles. The molecule has 1 aromatic carbocycles. The molecule has 1 nitrogen and oxygen atoms in total. The van der Waals surface area contributed by atoms with Crippen LogP contribution in [0.25, 0.3) is 0 Å². The maximum absolute atomic E-state index is 5.47. The highest BCUT2D eigenvalue weighted by Crippen LogP contribution is 2.40. The van der Waals surface area contributed by atoms with Gasteiger partial charge in [0.2, 0.25) is 0 Å². The highest BCUT2D eigenvalue weighted by molar-refractivity contribution is 9.09. The quantitative estimate of drug-likeness (QED) is 0.702. The fraction of sp³-hybridized carbons (Fsp3) is 0.600. The van der Waals surface area contributed by atoms with E-state index in [1.54, 1.807) is 0 Å². The van der Waals surface area contributed by atoms with Gasteiger partial charge in [-0.3, -0.25) is 0 Å². The van der Waals surface area contributed by atoms with Crippen LogP contribution >= 0.6 is 15.9 Å². The highest BCUT2D eigenvalue weighted by atomic mass is 79.9. The van der Waals surface area contributed by atoms with Crippen LogP contribution in [0.2, 0.25) is 0 Å². The van der Waals surface area contributed by atoms with Gasteiger partial charge in [0.15, 0.2) is 0 Å². The molecule has 1 aromatic rings. The molecule has 0 spiro atoms. The summed E-state index contributed by atoms with van der Waals surface area (Å²) in [6.45, 7) is 2.75. The van der Waals surface area contributed by atoms with Crippen molar-refractivity contribution >= 4 is 15.9 Å². The second kappa shape index (κ2) is 6.44. The molecule has 94 valence electrons. The normalized spacial score (nSPS) is 18.9. The molecule has 0 bridgehead atoms. The molecule has 0 aliphatic heterocycles. The van der Waals surface area contributed by atoms with Gasteiger partial charge in [-0.2, -0.15) is 0 Å². The van der Waals surface area contributed by atoms with E-state index in [0.717, 1.165) is 18.3 Å². The summed E-state index contributed by atoms with van der Waals surface area (Å²) >= 11 is 3.87. The largest absolute Gasteiger partial charge is 0.494 e. The standard InChI is InChI=1S/C15H21BrO/c1-2-17-14-10-8-13(9-11-14)15(16)12-6-4-3-5-7-12/h8-12,15H,2-7H2,1H3. The Labute approximate surface area is 113 Å². The van der Waals surface area contributed by atoms with Gasteiger partial charge in [-0.25, -0.2) is 0 Å². The molecule has 0 amide bonds. The predicted octanol–water partition coefficient (Wildman–Crippen LogP) is 5.10. The first-order chi connectivity index (χ1) is 8.31. The topological polar surface area (TPSA) is 9.23 Å². The van der Waals surface area contributed by atoms with Crippen LogP contribution in [0.4, 0.5) is 0 Å². The van der Waals surface area contributed by atoms with Crippen molar-refractivity contribution in [3.05, 3.63) is 29.8 Å². The Morgan fingerprint density at radius 3 is 2.41 bits per heavy atom. The van der Waals surface area contributed by atoms with Gasteiger partial charge in [0.25, 0.3) is 0 Å². The summed E-state index contributed by atoms with van der Waals surface area (Å²) in [5.74, 6) is 1.78. The van der Waals surface area contributed by atoms with Gasteiger partial charge in [-0.15, -0.1) is 0 Å². The third-order valence-corrected chi connectivity index (χ3v) is 4.85. The molecule has 2 rings (SSSR count). The minimum Gasteiger partial charge on any atom is -0.494 e. The van der Waals surface area contributed by atoms with Crippen LogP contribution in [0.15, 0.2) is 24.3 Å². The van der Waals surface area contributed by atoms with E-state index in [1.165, 1.54) is 37.7 Å². The Hall–Kier alpha value is -0.500. The summed E-state index contributed by atoms with van der Waals surface area (Å²) < 4.78 is 5.47. The first kappa shape index (κ1) is 12.9. The monoisotopic (exact) mass is 296 g/mol. The van der Waals surface area contributed by atoms with Gasteiger partial charge in [0, 0.05) is 4.83 Å². The fourth-order valence-corrected chi connectivity index (χ4v) is 3.45. The van der Waals surface area contributed by atoms with Crippen molar-refractivity contribution in [2.45, 2.75) is 43.9 Å². The SMILES string of the molecule is CCOc1ccc(C(Br)C2CCCCC2)cc1. The molecule has 0 radical (unpaired) electrons. The zero-order chi connectivity index (χ0) is 12.1. The first-order valence-corrected chi connectivity index (χ1v) is 7.59. The molecule has 0 heterocycles. The number of benzene rings is 1. The summed E-state index contributed by atoms with van der Waals surface area (Å²) in [4.78, 5) is 0.512. The van der Waals surface area contributed by atoms with E-state index in [2.05, 4.69) is 40.2 Å². The van der Waals surface area contributed by atoms with Gasteiger partial charge < -0.3 is 4.74 Å². The third kappa shape index (κ3) is 3.48. The van der Waals surface area contributed by atoms with E-state index >= 15 is 0 Å². The summed E-state index contributed by atoms with van der Waals surface area (Å²) in [6.07, 6.45) is 6.93. The maximum atomic E-state index is 5.47. The molecule has 17 heavy (non-hydrogen) atoms.